The minimum absolute atomic E-state index is 0.0232. The number of aliphatic hydroxyl groups is 1. The zero-order chi connectivity index (χ0) is 21.6. The number of nitrogens with zero attached hydrogens (tertiary/aromatic N) is 5. The fourth-order valence-electron chi connectivity index (χ4n) is 5.39. The van der Waals surface area contributed by atoms with Crippen LogP contribution in [0, 0.1) is 5.92 Å². The van der Waals surface area contributed by atoms with Crippen molar-refractivity contribution in [3.63, 3.8) is 0 Å². The monoisotopic (exact) mass is 423 g/mol. The summed E-state index contributed by atoms with van der Waals surface area (Å²) >= 11 is 0. The first-order chi connectivity index (χ1) is 14.9. The molecule has 2 aromatic rings. The van der Waals surface area contributed by atoms with E-state index in [0.29, 0.717) is 37.5 Å². The highest BCUT2D eigenvalue weighted by atomic mass is 16.3. The van der Waals surface area contributed by atoms with Crippen molar-refractivity contribution in [3.05, 3.63) is 42.5 Å². The molecule has 164 valence electrons. The quantitative estimate of drug-likeness (QED) is 0.763. The zero-order valence-electron chi connectivity index (χ0n) is 17.9. The Morgan fingerprint density at radius 3 is 2.68 bits per heavy atom. The predicted octanol–water partition coefficient (Wildman–Crippen LogP) is 2.02. The van der Waals surface area contributed by atoms with Crippen LogP contribution >= 0.6 is 0 Å². The number of likely N-dealkylation sites (tertiary alicyclic amines) is 2. The second kappa shape index (κ2) is 7.75. The van der Waals surface area contributed by atoms with Crippen LogP contribution in [0.3, 0.4) is 0 Å². The Kier molecular flexibility index (Phi) is 5.04. The van der Waals surface area contributed by atoms with Gasteiger partial charge in [0, 0.05) is 31.7 Å². The maximum absolute atomic E-state index is 13.2. The van der Waals surface area contributed by atoms with Crippen LogP contribution in [0.5, 0.6) is 0 Å². The SMILES string of the molecule is CC1CCCC(O)(C(=O)N2C[C@@H]3C[C@H]2CN3C(=O)c2cc(-n3cccn3)ccn2)CC1. The van der Waals surface area contributed by atoms with Gasteiger partial charge in [0.1, 0.15) is 11.3 Å². The average Bonchev–Trinajstić information content (AvgIpc) is 3.52. The molecule has 4 atom stereocenters. The first-order valence-corrected chi connectivity index (χ1v) is 11.2. The number of hydrogen-bond donors (Lipinski definition) is 1. The van der Waals surface area contributed by atoms with Crippen LogP contribution in [-0.4, -0.2) is 72.3 Å². The highest BCUT2D eigenvalue weighted by Crippen LogP contribution is 2.37. The smallest absolute Gasteiger partial charge is 0.272 e. The van der Waals surface area contributed by atoms with Crippen molar-refractivity contribution in [1.82, 2.24) is 24.6 Å². The molecule has 31 heavy (non-hydrogen) atoms. The number of carbonyl (C=O) groups excluding carboxylic acids is 2. The summed E-state index contributed by atoms with van der Waals surface area (Å²) in [5.41, 5.74) is -0.0758. The van der Waals surface area contributed by atoms with Crippen molar-refractivity contribution >= 4 is 11.8 Å². The van der Waals surface area contributed by atoms with Gasteiger partial charge in [-0.25, -0.2) is 4.68 Å². The van der Waals surface area contributed by atoms with Gasteiger partial charge in [-0.1, -0.05) is 13.3 Å². The molecule has 2 unspecified atom stereocenters. The number of pyridine rings is 1. The molecule has 4 heterocycles. The van der Waals surface area contributed by atoms with Crippen molar-refractivity contribution in [1.29, 1.82) is 0 Å². The van der Waals surface area contributed by atoms with Gasteiger partial charge in [-0.05, 0) is 56.2 Å². The van der Waals surface area contributed by atoms with Crippen LogP contribution in [-0.2, 0) is 4.79 Å². The van der Waals surface area contributed by atoms with E-state index < -0.39 is 5.60 Å². The zero-order valence-corrected chi connectivity index (χ0v) is 17.9. The van der Waals surface area contributed by atoms with Gasteiger partial charge in [0.25, 0.3) is 11.8 Å². The summed E-state index contributed by atoms with van der Waals surface area (Å²) in [6.45, 7) is 3.17. The lowest BCUT2D eigenvalue weighted by molar-refractivity contribution is -0.155. The van der Waals surface area contributed by atoms with Crippen molar-refractivity contribution in [2.45, 2.75) is 63.1 Å². The van der Waals surface area contributed by atoms with E-state index in [2.05, 4.69) is 17.0 Å². The van der Waals surface area contributed by atoms with E-state index in [9.17, 15) is 14.7 Å². The largest absolute Gasteiger partial charge is 0.380 e. The molecule has 0 radical (unpaired) electrons. The van der Waals surface area contributed by atoms with Gasteiger partial charge in [0.05, 0.1) is 17.8 Å². The van der Waals surface area contributed by atoms with Crippen molar-refractivity contribution in [3.8, 4) is 5.69 Å². The molecular weight excluding hydrogens is 394 g/mol. The molecule has 3 fully saturated rings. The van der Waals surface area contributed by atoms with E-state index >= 15 is 0 Å². The third-order valence-electron chi connectivity index (χ3n) is 7.23. The Bertz CT molecular complexity index is 977. The summed E-state index contributed by atoms with van der Waals surface area (Å²) in [5, 5.41) is 15.3. The molecule has 2 aromatic heterocycles. The predicted molar refractivity (Wildman–Crippen MR) is 114 cm³/mol. The number of aromatic nitrogens is 3. The topological polar surface area (TPSA) is 91.6 Å². The lowest BCUT2D eigenvalue weighted by Crippen LogP contribution is -2.56. The molecule has 5 rings (SSSR count). The summed E-state index contributed by atoms with van der Waals surface area (Å²) < 4.78 is 1.70. The Hall–Kier alpha value is -2.74. The molecule has 2 saturated heterocycles. The first kappa shape index (κ1) is 20.2. The molecule has 2 amide bonds. The van der Waals surface area contributed by atoms with E-state index in [1.807, 2.05) is 28.1 Å². The first-order valence-electron chi connectivity index (χ1n) is 11.2. The van der Waals surface area contributed by atoms with Gasteiger partial charge >= 0.3 is 0 Å². The molecule has 0 spiro atoms. The number of fused-ring (bicyclic) bond motifs is 2. The summed E-state index contributed by atoms with van der Waals surface area (Å²) in [4.78, 5) is 34.4. The van der Waals surface area contributed by atoms with Crippen LogP contribution in [0.1, 0.15) is 55.9 Å². The third-order valence-corrected chi connectivity index (χ3v) is 7.23. The lowest BCUT2D eigenvalue weighted by Gasteiger charge is -2.38. The van der Waals surface area contributed by atoms with Gasteiger partial charge < -0.3 is 14.9 Å². The number of hydrogen-bond acceptors (Lipinski definition) is 5. The van der Waals surface area contributed by atoms with Gasteiger partial charge in [-0.3, -0.25) is 14.6 Å². The Balaban J connectivity index is 1.28. The maximum Gasteiger partial charge on any atom is 0.272 e. The molecule has 3 aliphatic rings. The van der Waals surface area contributed by atoms with E-state index in [-0.39, 0.29) is 23.9 Å². The standard InChI is InChI=1S/C23H29N5O3/c1-16-4-2-7-23(31,8-5-16)22(30)27-15-18-12-19(27)14-26(18)21(29)20-13-17(6-10-24-20)28-11-3-9-25-28/h3,6,9-11,13,16,18-19,31H,2,4-5,7-8,12,14-15H2,1H3/t16?,18-,19-,23?/m0/s1. The van der Waals surface area contributed by atoms with Gasteiger partial charge in [-0.2, -0.15) is 5.10 Å². The Morgan fingerprint density at radius 2 is 1.94 bits per heavy atom. The van der Waals surface area contributed by atoms with E-state index in [1.165, 1.54) is 0 Å². The Morgan fingerprint density at radius 1 is 1.13 bits per heavy atom. The summed E-state index contributed by atoms with van der Waals surface area (Å²) in [7, 11) is 0. The molecular formula is C23H29N5O3. The molecule has 2 aliphatic heterocycles. The van der Waals surface area contributed by atoms with E-state index in [1.54, 1.807) is 23.1 Å². The minimum atomic E-state index is -1.25. The highest BCUT2D eigenvalue weighted by Gasteiger charge is 2.51. The van der Waals surface area contributed by atoms with Gasteiger partial charge in [0.15, 0.2) is 0 Å². The van der Waals surface area contributed by atoms with Crippen LogP contribution < -0.4 is 0 Å². The van der Waals surface area contributed by atoms with E-state index in [4.69, 9.17) is 0 Å². The van der Waals surface area contributed by atoms with Crippen LogP contribution in [0.15, 0.2) is 36.8 Å². The van der Waals surface area contributed by atoms with Crippen LogP contribution in [0.4, 0.5) is 0 Å². The number of rotatable bonds is 3. The molecule has 1 saturated carbocycles. The fourth-order valence-corrected chi connectivity index (χ4v) is 5.39. The fraction of sp³-hybridized carbons (Fsp3) is 0.565. The molecule has 8 nitrogen and oxygen atoms in total. The second-order valence-corrected chi connectivity index (χ2v) is 9.38. The number of amides is 2. The van der Waals surface area contributed by atoms with Crippen LogP contribution in [0.25, 0.3) is 5.69 Å². The van der Waals surface area contributed by atoms with Gasteiger partial charge in [-0.15, -0.1) is 0 Å². The van der Waals surface area contributed by atoms with Crippen LogP contribution in [0.2, 0.25) is 0 Å². The molecule has 2 bridgehead atoms. The Labute approximate surface area is 181 Å². The lowest BCUT2D eigenvalue weighted by atomic mass is 9.92. The molecule has 1 N–H and O–H groups in total. The molecule has 1 aliphatic carbocycles. The minimum Gasteiger partial charge on any atom is -0.380 e. The van der Waals surface area contributed by atoms with Crippen molar-refractivity contribution in [2.24, 2.45) is 5.92 Å². The molecule has 8 heteroatoms. The normalized spacial score (nSPS) is 30.5. The van der Waals surface area contributed by atoms with Gasteiger partial charge in [0.2, 0.25) is 0 Å². The second-order valence-electron chi connectivity index (χ2n) is 9.38. The van der Waals surface area contributed by atoms with E-state index in [0.717, 1.165) is 31.4 Å². The highest BCUT2D eigenvalue weighted by molar-refractivity contribution is 5.94. The summed E-state index contributed by atoms with van der Waals surface area (Å²) in [6.07, 6.45) is 9.81. The summed E-state index contributed by atoms with van der Waals surface area (Å²) in [5.74, 6) is 0.297. The van der Waals surface area contributed by atoms with Crippen molar-refractivity contribution < 1.29 is 14.7 Å². The number of piperazine rings is 1. The third kappa shape index (κ3) is 3.63. The van der Waals surface area contributed by atoms with Crippen molar-refractivity contribution in [2.75, 3.05) is 13.1 Å². The average molecular weight is 424 g/mol. The number of carbonyl (C=O) groups is 2. The maximum atomic E-state index is 13.2. The molecule has 0 aromatic carbocycles. The summed E-state index contributed by atoms with van der Waals surface area (Å²) in [6, 6.07) is 5.34.